The first-order valence-corrected chi connectivity index (χ1v) is 8.93. The van der Waals surface area contributed by atoms with Crippen molar-refractivity contribution in [1.29, 1.82) is 0 Å². The van der Waals surface area contributed by atoms with Crippen LogP contribution in [0.2, 0.25) is 10.0 Å². The third-order valence-electron chi connectivity index (χ3n) is 4.40. The van der Waals surface area contributed by atoms with E-state index in [1.807, 2.05) is 0 Å². The summed E-state index contributed by atoms with van der Waals surface area (Å²) in [4.78, 5) is -0.102. The summed E-state index contributed by atoms with van der Waals surface area (Å²) < 4.78 is 26.9. The van der Waals surface area contributed by atoms with Crippen LogP contribution in [0.3, 0.4) is 0 Å². The van der Waals surface area contributed by atoms with Crippen LogP contribution in [0.1, 0.15) is 12.8 Å². The largest absolute Gasteiger partial charge is 0.399 e. The van der Waals surface area contributed by atoms with E-state index < -0.39 is 16.1 Å². The summed E-state index contributed by atoms with van der Waals surface area (Å²) in [5.41, 5.74) is 5.92. The number of sulfonamides is 1. The molecule has 0 spiro atoms. The molecule has 5 nitrogen and oxygen atoms in total. The maximum Gasteiger partial charge on any atom is 0.246 e. The summed E-state index contributed by atoms with van der Waals surface area (Å²) in [6.45, 7) is 0.715. The minimum Gasteiger partial charge on any atom is -0.399 e. The second kappa shape index (κ2) is 5.28. The summed E-state index contributed by atoms with van der Waals surface area (Å²) in [5.74, 6) is 0.215. The highest BCUT2D eigenvalue weighted by Gasteiger charge is 2.46. The number of nitrogens with zero attached hydrogens (tertiary/aromatic N) is 1. The minimum absolute atomic E-state index is 0.00566. The molecule has 3 rings (SSSR count). The van der Waals surface area contributed by atoms with Crippen molar-refractivity contribution in [2.24, 2.45) is 11.8 Å². The van der Waals surface area contributed by atoms with Crippen LogP contribution in [-0.2, 0) is 10.0 Å². The smallest absolute Gasteiger partial charge is 0.246 e. The molecule has 1 aromatic carbocycles. The van der Waals surface area contributed by atoms with Crippen molar-refractivity contribution in [2.45, 2.75) is 23.8 Å². The van der Waals surface area contributed by atoms with Gasteiger partial charge in [0, 0.05) is 24.7 Å². The highest BCUT2D eigenvalue weighted by atomic mass is 35.5. The number of aliphatic hydroxyl groups excluding tert-OH is 1. The number of rotatable bonds is 2. The predicted octanol–water partition coefficient (Wildman–Crippen LogP) is 1.97. The summed E-state index contributed by atoms with van der Waals surface area (Å²) in [6.07, 6.45) is 1.17. The number of aliphatic hydroxyl groups is 1. The lowest BCUT2D eigenvalue weighted by atomic mass is 10.00. The molecule has 8 heteroatoms. The fraction of sp³-hybridized carbons (Fsp3) is 0.538. The Morgan fingerprint density at radius 2 is 1.81 bits per heavy atom. The van der Waals surface area contributed by atoms with Crippen LogP contribution >= 0.6 is 23.2 Å². The third-order valence-corrected chi connectivity index (χ3v) is 7.16. The molecule has 1 saturated carbocycles. The van der Waals surface area contributed by atoms with Crippen LogP contribution in [0.5, 0.6) is 0 Å². The molecule has 0 bridgehead atoms. The van der Waals surface area contributed by atoms with Crippen LogP contribution in [0.4, 0.5) is 5.69 Å². The van der Waals surface area contributed by atoms with Gasteiger partial charge in [0.15, 0.2) is 0 Å². The topological polar surface area (TPSA) is 83.6 Å². The summed E-state index contributed by atoms with van der Waals surface area (Å²) in [5, 5.41) is 9.96. The van der Waals surface area contributed by atoms with E-state index in [1.165, 1.54) is 16.4 Å². The Morgan fingerprint density at radius 3 is 2.38 bits per heavy atom. The Morgan fingerprint density at radius 1 is 1.19 bits per heavy atom. The summed E-state index contributed by atoms with van der Waals surface area (Å²) >= 11 is 12.1. The second-order valence-corrected chi connectivity index (χ2v) is 8.39. The number of hydrogen-bond donors (Lipinski definition) is 2. The Balaban J connectivity index is 1.96. The summed E-state index contributed by atoms with van der Waals surface area (Å²) in [6, 6.07) is 2.76. The van der Waals surface area contributed by atoms with Gasteiger partial charge in [0.25, 0.3) is 0 Å². The number of benzene rings is 1. The Labute approximate surface area is 133 Å². The van der Waals surface area contributed by atoms with E-state index in [1.54, 1.807) is 0 Å². The minimum atomic E-state index is -3.78. The first-order chi connectivity index (χ1) is 9.80. The molecule has 0 amide bonds. The lowest BCUT2D eigenvalue weighted by Gasteiger charge is -2.20. The van der Waals surface area contributed by atoms with Gasteiger partial charge in [-0.05, 0) is 30.9 Å². The van der Waals surface area contributed by atoms with E-state index in [-0.39, 0.29) is 26.8 Å². The fourth-order valence-electron chi connectivity index (χ4n) is 3.35. The molecule has 0 aromatic heterocycles. The molecule has 2 fully saturated rings. The van der Waals surface area contributed by atoms with Crippen molar-refractivity contribution < 1.29 is 13.5 Å². The normalized spacial score (nSPS) is 29.8. The van der Waals surface area contributed by atoms with Crippen molar-refractivity contribution in [3.63, 3.8) is 0 Å². The van der Waals surface area contributed by atoms with Crippen LogP contribution in [0.15, 0.2) is 17.0 Å². The van der Waals surface area contributed by atoms with Gasteiger partial charge in [-0.1, -0.05) is 23.2 Å². The van der Waals surface area contributed by atoms with E-state index in [0.717, 1.165) is 12.8 Å². The van der Waals surface area contributed by atoms with E-state index in [2.05, 4.69) is 0 Å². The fourth-order valence-corrected chi connectivity index (χ4v) is 6.06. The molecule has 1 aliphatic carbocycles. The molecule has 3 unspecified atom stereocenters. The number of hydrogen-bond acceptors (Lipinski definition) is 4. The SMILES string of the molecule is Nc1cc(Cl)c(S(=O)(=O)N2CC3CCC(O)C3C2)c(Cl)c1. The van der Waals surface area contributed by atoms with Gasteiger partial charge < -0.3 is 10.8 Å². The standard InChI is InChI=1S/C13H16Cl2N2O3S/c14-10-3-8(16)4-11(15)13(10)21(19,20)17-5-7-1-2-12(18)9(7)6-17/h3-4,7,9,12,18H,1-2,5-6,16H2. The highest BCUT2D eigenvalue weighted by molar-refractivity contribution is 7.89. The number of halogens is 2. The van der Waals surface area contributed by atoms with Gasteiger partial charge in [-0.3, -0.25) is 0 Å². The van der Waals surface area contributed by atoms with Gasteiger partial charge in [-0.2, -0.15) is 4.31 Å². The molecule has 1 saturated heterocycles. The second-order valence-electron chi connectivity index (χ2n) is 5.70. The third kappa shape index (κ3) is 2.53. The van der Waals surface area contributed by atoms with Gasteiger partial charge in [-0.25, -0.2) is 8.42 Å². The van der Waals surface area contributed by atoms with Crippen LogP contribution in [0.25, 0.3) is 0 Å². The van der Waals surface area contributed by atoms with Gasteiger partial charge in [0.05, 0.1) is 16.1 Å². The molecule has 1 aromatic rings. The zero-order valence-electron chi connectivity index (χ0n) is 11.2. The molecule has 1 heterocycles. The molecular formula is C13H16Cl2N2O3S. The van der Waals surface area contributed by atoms with Crippen molar-refractivity contribution in [2.75, 3.05) is 18.8 Å². The van der Waals surface area contributed by atoms with Gasteiger partial charge in [-0.15, -0.1) is 0 Å². The van der Waals surface area contributed by atoms with Gasteiger partial charge in [0.1, 0.15) is 4.90 Å². The first-order valence-electron chi connectivity index (χ1n) is 6.73. The summed E-state index contributed by atoms with van der Waals surface area (Å²) in [7, 11) is -3.78. The van der Waals surface area contributed by atoms with Crippen LogP contribution < -0.4 is 5.73 Å². The predicted molar refractivity (Wildman–Crippen MR) is 81.9 cm³/mol. The molecule has 21 heavy (non-hydrogen) atoms. The van der Waals surface area contributed by atoms with E-state index in [9.17, 15) is 13.5 Å². The van der Waals surface area contributed by atoms with E-state index in [4.69, 9.17) is 28.9 Å². The molecule has 1 aliphatic heterocycles. The molecule has 3 atom stereocenters. The Bertz CT molecular complexity index is 657. The van der Waals surface area contributed by atoms with E-state index >= 15 is 0 Å². The Hall–Kier alpha value is -0.530. The van der Waals surface area contributed by atoms with Crippen molar-refractivity contribution in [3.05, 3.63) is 22.2 Å². The van der Waals surface area contributed by atoms with Gasteiger partial charge >= 0.3 is 0 Å². The molecule has 116 valence electrons. The molecule has 3 N–H and O–H groups in total. The molecule has 0 radical (unpaired) electrons. The van der Waals surface area contributed by atoms with Crippen molar-refractivity contribution >= 4 is 38.9 Å². The number of nitrogens with two attached hydrogens (primary N) is 1. The zero-order valence-corrected chi connectivity index (χ0v) is 13.5. The maximum atomic E-state index is 12.8. The number of nitrogen functional groups attached to an aromatic ring is 1. The van der Waals surface area contributed by atoms with Crippen LogP contribution in [0, 0.1) is 11.8 Å². The molecular weight excluding hydrogens is 335 g/mol. The number of fused-ring (bicyclic) bond motifs is 1. The average Bonchev–Trinajstić information content (AvgIpc) is 2.90. The van der Waals surface area contributed by atoms with Crippen molar-refractivity contribution in [1.82, 2.24) is 4.31 Å². The highest BCUT2D eigenvalue weighted by Crippen LogP contribution is 2.42. The monoisotopic (exact) mass is 350 g/mol. The average molecular weight is 351 g/mol. The lowest BCUT2D eigenvalue weighted by molar-refractivity contribution is 0.129. The zero-order chi connectivity index (χ0) is 15.4. The molecule has 2 aliphatic rings. The van der Waals surface area contributed by atoms with Crippen LogP contribution in [-0.4, -0.2) is 37.0 Å². The maximum absolute atomic E-state index is 12.8. The van der Waals surface area contributed by atoms with E-state index in [0.29, 0.717) is 18.8 Å². The lowest BCUT2D eigenvalue weighted by Crippen LogP contribution is -2.31. The van der Waals surface area contributed by atoms with Crippen molar-refractivity contribution in [3.8, 4) is 0 Å². The Kier molecular flexibility index (Phi) is 3.86. The number of anilines is 1. The van der Waals surface area contributed by atoms with Gasteiger partial charge in [0.2, 0.25) is 10.0 Å². The first kappa shape index (κ1) is 15.4. The quantitative estimate of drug-likeness (QED) is 0.798.